The van der Waals surface area contributed by atoms with Crippen LogP contribution in [0.4, 0.5) is 24.7 Å². The molecule has 0 radical (unpaired) electrons. The number of rotatable bonds is 2. The molecule has 3 rings (SSSR count). The van der Waals surface area contributed by atoms with Gasteiger partial charge < -0.3 is 31.1 Å². The number of hydrogen-bond acceptors (Lipinski definition) is 8. The Morgan fingerprint density at radius 2 is 1.97 bits per heavy atom. The Kier molecular flexibility index (Phi) is 5.92. The van der Waals surface area contributed by atoms with E-state index in [1.165, 1.54) is 12.1 Å². The summed E-state index contributed by atoms with van der Waals surface area (Å²) in [4.78, 5) is 13.0. The molecule has 1 aliphatic rings. The molecule has 29 heavy (non-hydrogen) atoms. The molecule has 6 N–H and O–H groups in total. The lowest BCUT2D eigenvalue weighted by Gasteiger charge is -2.23. The number of pyridine rings is 1. The van der Waals surface area contributed by atoms with Gasteiger partial charge in [0.2, 0.25) is 5.88 Å². The number of carboxylic acid groups (broad SMARTS) is 1. The number of hydrogen-bond donors (Lipinski definition) is 5. The van der Waals surface area contributed by atoms with Gasteiger partial charge in [0.15, 0.2) is 11.5 Å². The lowest BCUT2D eigenvalue weighted by molar-refractivity contribution is -0.192. The minimum absolute atomic E-state index is 0.0867. The summed E-state index contributed by atoms with van der Waals surface area (Å²) in [5, 5.41) is 38.7. The topological polar surface area (TPSA) is 162 Å². The van der Waals surface area contributed by atoms with E-state index in [2.05, 4.69) is 10.3 Å². The van der Waals surface area contributed by atoms with Crippen molar-refractivity contribution in [1.29, 1.82) is 5.26 Å². The highest BCUT2D eigenvalue weighted by Gasteiger charge is 2.38. The molecule has 1 aliphatic heterocycles. The van der Waals surface area contributed by atoms with Crippen LogP contribution in [0.15, 0.2) is 12.1 Å². The van der Waals surface area contributed by atoms with Gasteiger partial charge >= 0.3 is 12.1 Å². The second kappa shape index (κ2) is 8.01. The van der Waals surface area contributed by atoms with Crippen molar-refractivity contribution in [2.24, 2.45) is 0 Å². The smallest absolute Gasteiger partial charge is 0.490 e. The van der Waals surface area contributed by atoms with Crippen LogP contribution in [-0.2, 0) is 11.2 Å². The van der Waals surface area contributed by atoms with Gasteiger partial charge in [0.05, 0.1) is 5.69 Å². The van der Waals surface area contributed by atoms with Crippen molar-refractivity contribution in [2.45, 2.75) is 19.5 Å². The van der Waals surface area contributed by atoms with Crippen molar-refractivity contribution in [2.75, 3.05) is 17.6 Å². The normalized spacial score (nSPS) is 11.7. The van der Waals surface area contributed by atoms with Crippen LogP contribution in [0, 0.1) is 11.3 Å². The number of carbonyl (C=O) groups is 1. The fourth-order valence-corrected chi connectivity index (χ4v) is 2.48. The minimum atomic E-state index is -5.08. The molecule has 9 nitrogen and oxygen atoms in total. The fourth-order valence-electron chi connectivity index (χ4n) is 2.48. The zero-order chi connectivity index (χ0) is 21.9. The van der Waals surface area contributed by atoms with Gasteiger partial charge in [0.1, 0.15) is 23.2 Å². The van der Waals surface area contributed by atoms with Gasteiger partial charge in [-0.15, -0.1) is 0 Å². The van der Waals surface area contributed by atoms with Crippen molar-refractivity contribution in [1.82, 2.24) is 4.98 Å². The fraction of sp³-hybridized carbons (Fsp3) is 0.235. The van der Waals surface area contributed by atoms with E-state index in [-0.39, 0.29) is 22.9 Å². The highest BCUT2D eigenvalue weighted by Crippen LogP contribution is 2.44. The quantitative estimate of drug-likeness (QED) is 0.398. The molecule has 0 unspecified atom stereocenters. The maximum Gasteiger partial charge on any atom is 0.490 e. The SMILES string of the molecule is CCNc1c(C#N)c(N)nc2c1Cc1cc(O)c(O)cc1O2.O=C(O)C(F)(F)F. The first-order valence-corrected chi connectivity index (χ1v) is 7.98. The molecule has 2 heterocycles. The second-order valence-corrected chi connectivity index (χ2v) is 5.70. The number of phenolic OH excluding ortho intramolecular Hbond substituents is 2. The van der Waals surface area contributed by atoms with Crippen molar-refractivity contribution < 1.29 is 38.0 Å². The van der Waals surface area contributed by atoms with Gasteiger partial charge in [-0.2, -0.15) is 23.4 Å². The number of anilines is 2. The number of benzene rings is 1. The molecule has 2 aromatic rings. The van der Waals surface area contributed by atoms with E-state index < -0.39 is 12.1 Å². The van der Waals surface area contributed by atoms with Crippen molar-refractivity contribution in [3.05, 3.63) is 28.8 Å². The number of carboxylic acids is 1. The first-order valence-electron chi connectivity index (χ1n) is 7.98. The molecule has 1 aromatic heterocycles. The van der Waals surface area contributed by atoms with E-state index in [1.54, 1.807) is 0 Å². The predicted octanol–water partition coefficient (Wildman–Crippen LogP) is 2.71. The van der Waals surface area contributed by atoms with Crippen LogP contribution in [-0.4, -0.2) is 39.0 Å². The number of halogens is 3. The van der Waals surface area contributed by atoms with E-state index in [4.69, 9.17) is 20.4 Å². The summed E-state index contributed by atoms with van der Waals surface area (Å²) in [6, 6.07) is 4.81. The van der Waals surface area contributed by atoms with Crippen LogP contribution in [0.3, 0.4) is 0 Å². The number of alkyl halides is 3. The van der Waals surface area contributed by atoms with Crippen LogP contribution in [0.2, 0.25) is 0 Å². The van der Waals surface area contributed by atoms with Gasteiger partial charge in [0.25, 0.3) is 0 Å². The number of ether oxygens (including phenoxy) is 1. The molecular formula is C17H15F3N4O5. The summed E-state index contributed by atoms with van der Waals surface area (Å²) in [5.74, 6) is -2.46. The van der Waals surface area contributed by atoms with Gasteiger partial charge in [-0.25, -0.2) is 4.79 Å². The largest absolute Gasteiger partial charge is 0.504 e. The average molecular weight is 412 g/mol. The predicted molar refractivity (Wildman–Crippen MR) is 93.9 cm³/mol. The Morgan fingerprint density at radius 3 is 2.48 bits per heavy atom. The maximum atomic E-state index is 10.6. The lowest BCUT2D eigenvalue weighted by Crippen LogP contribution is -2.21. The average Bonchev–Trinajstić information content (AvgIpc) is 2.62. The summed E-state index contributed by atoms with van der Waals surface area (Å²) >= 11 is 0. The Hall–Kier alpha value is -3.88. The maximum absolute atomic E-state index is 10.6. The van der Waals surface area contributed by atoms with Gasteiger partial charge in [0, 0.05) is 30.2 Å². The third-order valence-electron chi connectivity index (χ3n) is 3.73. The zero-order valence-corrected chi connectivity index (χ0v) is 14.8. The molecule has 0 saturated carbocycles. The van der Waals surface area contributed by atoms with Crippen molar-refractivity contribution in [3.63, 3.8) is 0 Å². The third kappa shape index (κ3) is 4.52. The molecule has 0 aliphatic carbocycles. The Balaban J connectivity index is 0.000000370. The molecule has 0 bridgehead atoms. The number of aromatic hydroxyl groups is 2. The zero-order valence-electron chi connectivity index (χ0n) is 14.8. The highest BCUT2D eigenvalue weighted by atomic mass is 19.4. The number of nitrogens with one attached hydrogen (secondary N) is 1. The number of nitrogens with two attached hydrogens (primary N) is 1. The first kappa shape index (κ1) is 21.4. The van der Waals surface area contributed by atoms with Gasteiger partial charge in [-0.3, -0.25) is 0 Å². The molecule has 154 valence electrons. The van der Waals surface area contributed by atoms with Crippen LogP contribution >= 0.6 is 0 Å². The summed E-state index contributed by atoms with van der Waals surface area (Å²) in [7, 11) is 0. The van der Waals surface area contributed by atoms with Crippen molar-refractivity contribution >= 4 is 17.5 Å². The number of aromatic nitrogens is 1. The number of nitrogens with zero attached hydrogens (tertiary/aromatic N) is 2. The molecule has 0 saturated heterocycles. The highest BCUT2D eigenvalue weighted by molar-refractivity contribution is 5.75. The number of phenols is 2. The molecular weight excluding hydrogens is 397 g/mol. The molecule has 0 spiro atoms. The monoisotopic (exact) mass is 412 g/mol. The molecule has 0 amide bonds. The Morgan fingerprint density at radius 1 is 1.38 bits per heavy atom. The second-order valence-electron chi connectivity index (χ2n) is 5.70. The Bertz CT molecular complexity index is 1000. The number of aliphatic carboxylic acids is 1. The minimum Gasteiger partial charge on any atom is -0.504 e. The van der Waals surface area contributed by atoms with E-state index in [0.717, 1.165) is 0 Å². The van der Waals surface area contributed by atoms with Crippen LogP contribution in [0.25, 0.3) is 0 Å². The lowest BCUT2D eigenvalue weighted by atomic mass is 9.98. The number of fused-ring (bicyclic) bond motifs is 2. The van der Waals surface area contributed by atoms with Crippen molar-refractivity contribution in [3.8, 4) is 29.2 Å². The molecule has 12 heteroatoms. The number of nitrogen functional groups attached to an aromatic ring is 1. The van der Waals surface area contributed by atoms with Crippen LogP contribution in [0.1, 0.15) is 23.6 Å². The summed E-state index contributed by atoms with van der Waals surface area (Å²) in [6.45, 7) is 2.52. The summed E-state index contributed by atoms with van der Waals surface area (Å²) < 4.78 is 37.4. The standard InChI is InChI=1S/C15H14N4O3.C2HF3O2/c1-2-18-13-8-3-7-4-10(20)11(21)5-12(7)22-15(8)19-14(17)9(13)6-16;3-2(4,5)1(6)7/h4-5,20-21H,2-3H2,1H3,(H3,17,18,19);(H,6,7). The van der Waals surface area contributed by atoms with Crippen LogP contribution < -0.4 is 15.8 Å². The molecule has 0 atom stereocenters. The van der Waals surface area contributed by atoms with E-state index >= 15 is 0 Å². The number of nitriles is 1. The van der Waals surface area contributed by atoms with Gasteiger partial charge in [-0.1, -0.05) is 0 Å². The van der Waals surface area contributed by atoms with E-state index in [9.17, 15) is 28.6 Å². The van der Waals surface area contributed by atoms with Gasteiger partial charge in [-0.05, 0) is 13.0 Å². The first-order chi connectivity index (χ1) is 13.5. The molecule has 1 aromatic carbocycles. The Labute approximate surface area is 161 Å². The van der Waals surface area contributed by atoms with Crippen LogP contribution in [0.5, 0.6) is 23.1 Å². The summed E-state index contributed by atoms with van der Waals surface area (Å²) in [6.07, 6.45) is -4.68. The van der Waals surface area contributed by atoms with E-state index in [0.29, 0.717) is 41.4 Å². The third-order valence-corrected chi connectivity index (χ3v) is 3.73. The summed E-state index contributed by atoms with van der Waals surface area (Å²) in [5.41, 5.74) is 8.07. The van der Waals surface area contributed by atoms with E-state index in [1.807, 2.05) is 13.0 Å². The molecule has 0 fully saturated rings.